The molecule has 2 nitrogen and oxygen atoms in total. The van der Waals surface area contributed by atoms with E-state index >= 15 is 0 Å². The first-order chi connectivity index (χ1) is 10.5. The second-order valence-electron chi connectivity index (χ2n) is 6.53. The molecule has 0 atom stereocenters. The van der Waals surface area contributed by atoms with E-state index in [0.29, 0.717) is 5.75 Å². The van der Waals surface area contributed by atoms with Gasteiger partial charge >= 0.3 is 0 Å². The standard InChI is InChI=1S/C20H18O2/c1-20(2)16-6-4-3-5-14(16)19-15-9-12(11-21)7-8-13(15)18(22)10-17(19)20/h3-10,21-22H,11H2,1-2H3. The van der Waals surface area contributed by atoms with Crippen LogP contribution in [0.5, 0.6) is 5.75 Å². The van der Waals surface area contributed by atoms with Crippen molar-refractivity contribution < 1.29 is 10.2 Å². The Labute approximate surface area is 129 Å². The van der Waals surface area contributed by atoms with Gasteiger partial charge in [0.25, 0.3) is 0 Å². The van der Waals surface area contributed by atoms with E-state index in [9.17, 15) is 10.2 Å². The first-order valence-electron chi connectivity index (χ1n) is 7.54. The molecule has 0 heterocycles. The molecule has 0 bridgehead atoms. The summed E-state index contributed by atoms with van der Waals surface area (Å²) < 4.78 is 0. The van der Waals surface area contributed by atoms with Crippen LogP contribution in [0.2, 0.25) is 0 Å². The van der Waals surface area contributed by atoms with Gasteiger partial charge in [-0.3, -0.25) is 0 Å². The quantitative estimate of drug-likeness (QED) is 0.699. The lowest BCUT2D eigenvalue weighted by molar-refractivity contribution is 0.282. The molecule has 1 aliphatic rings. The van der Waals surface area contributed by atoms with Gasteiger partial charge < -0.3 is 10.2 Å². The number of aromatic hydroxyl groups is 1. The molecule has 4 rings (SSSR count). The first kappa shape index (κ1) is 13.4. The van der Waals surface area contributed by atoms with Crippen LogP contribution in [0.4, 0.5) is 0 Å². The summed E-state index contributed by atoms with van der Waals surface area (Å²) in [5.74, 6) is 0.305. The number of aliphatic hydroxyl groups excluding tert-OH is 1. The molecular weight excluding hydrogens is 272 g/mol. The van der Waals surface area contributed by atoms with Gasteiger partial charge in [0.1, 0.15) is 5.75 Å². The van der Waals surface area contributed by atoms with Crippen LogP contribution in [0.15, 0.2) is 48.5 Å². The van der Waals surface area contributed by atoms with Gasteiger partial charge in [0, 0.05) is 10.8 Å². The van der Waals surface area contributed by atoms with Gasteiger partial charge in [0.15, 0.2) is 0 Å². The fourth-order valence-electron chi connectivity index (χ4n) is 3.73. The Balaban J connectivity index is 2.20. The maximum absolute atomic E-state index is 10.4. The third-order valence-electron chi connectivity index (χ3n) is 4.91. The molecule has 2 heteroatoms. The molecule has 3 aromatic carbocycles. The molecule has 2 N–H and O–H groups in total. The van der Waals surface area contributed by atoms with Crippen LogP contribution in [0.3, 0.4) is 0 Å². The summed E-state index contributed by atoms with van der Waals surface area (Å²) in [7, 11) is 0. The molecule has 0 unspecified atom stereocenters. The predicted molar refractivity (Wildman–Crippen MR) is 89.1 cm³/mol. The highest BCUT2D eigenvalue weighted by Gasteiger charge is 2.36. The number of phenolic OH excluding ortho intramolecular Hbond substituents is 1. The van der Waals surface area contributed by atoms with Crippen molar-refractivity contribution in [3.8, 4) is 16.9 Å². The molecular formula is C20H18O2. The van der Waals surface area contributed by atoms with Crippen molar-refractivity contribution in [2.45, 2.75) is 25.9 Å². The Hall–Kier alpha value is -2.32. The van der Waals surface area contributed by atoms with Crippen molar-refractivity contribution in [1.29, 1.82) is 0 Å². The number of benzene rings is 3. The predicted octanol–water partition coefficient (Wildman–Crippen LogP) is 4.34. The van der Waals surface area contributed by atoms with E-state index in [-0.39, 0.29) is 12.0 Å². The summed E-state index contributed by atoms with van der Waals surface area (Å²) >= 11 is 0. The monoisotopic (exact) mass is 290 g/mol. The fourth-order valence-corrected chi connectivity index (χ4v) is 3.73. The Kier molecular flexibility index (Phi) is 2.63. The van der Waals surface area contributed by atoms with Crippen LogP contribution in [0.25, 0.3) is 21.9 Å². The van der Waals surface area contributed by atoms with Crippen molar-refractivity contribution in [3.63, 3.8) is 0 Å². The van der Waals surface area contributed by atoms with Crippen LogP contribution >= 0.6 is 0 Å². The molecule has 0 fully saturated rings. The van der Waals surface area contributed by atoms with Gasteiger partial charge in [-0.25, -0.2) is 0 Å². The van der Waals surface area contributed by atoms with E-state index in [2.05, 4.69) is 38.1 Å². The molecule has 0 aromatic heterocycles. The zero-order chi connectivity index (χ0) is 15.5. The van der Waals surface area contributed by atoms with Crippen LogP contribution in [-0.2, 0) is 12.0 Å². The van der Waals surface area contributed by atoms with Crippen LogP contribution < -0.4 is 0 Å². The minimum absolute atomic E-state index is 0.00537. The summed E-state index contributed by atoms with van der Waals surface area (Å²) in [6.07, 6.45) is 0. The first-order valence-corrected chi connectivity index (χ1v) is 7.54. The Morgan fingerprint density at radius 3 is 2.45 bits per heavy atom. The third-order valence-corrected chi connectivity index (χ3v) is 4.91. The summed E-state index contributed by atoms with van der Waals surface area (Å²) in [6.45, 7) is 4.39. The molecule has 0 saturated carbocycles. The highest BCUT2D eigenvalue weighted by atomic mass is 16.3. The average Bonchev–Trinajstić information content (AvgIpc) is 2.76. The van der Waals surface area contributed by atoms with E-state index < -0.39 is 0 Å². The lowest BCUT2D eigenvalue weighted by atomic mass is 9.82. The third kappa shape index (κ3) is 1.59. The molecule has 3 aromatic rings. The summed E-state index contributed by atoms with van der Waals surface area (Å²) in [6, 6.07) is 16.1. The van der Waals surface area contributed by atoms with Gasteiger partial charge in [-0.1, -0.05) is 50.2 Å². The van der Waals surface area contributed by atoms with Crippen LogP contribution in [-0.4, -0.2) is 10.2 Å². The molecule has 0 amide bonds. The number of rotatable bonds is 1. The number of aliphatic hydroxyl groups is 1. The number of fused-ring (bicyclic) bond motifs is 5. The van der Waals surface area contributed by atoms with E-state index in [1.165, 1.54) is 16.7 Å². The smallest absolute Gasteiger partial charge is 0.123 e. The highest BCUT2D eigenvalue weighted by molar-refractivity contribution is 6.05. The molecule has 110 valence electrons. The SMILES string of the molecule is CC1(C)c2ccccc2-c2c1cc(O)c1ccc(CO)cc21. The minimum atomic E-state index is -0.132. The second-order valence-corrected chi connectivity index (χ2v) is 6.53. The minimum Gasteiger partial charge on any atom is -0.507 e. The fraction of sp³-hybridized carbons (Fsp3) is 0.200. The lowest BCUT2D eigenvalue weighted by Crippen LogP contribution is -2.14. The Morgan fingerprint density at radius 1 is 0.909 bits per heavy atom. The molecule has 0 spiro atoms. The van der Waals surface area contributed by atoms with Crippen LogP contribution in [0, 0.1) is 0 Å². The van der Waals surface area contributed by atoms with Crippen molar-refractivity contribution in [3.05, 3.63) is 65.2 Å². The number of hydrogen-bond acceptors (Lipinski definition) is 2. The lowest BCUT2D eigenvalue weighted by Gasteiger charge is -2.22. The Morgan fingerprint density at radius 2 is 1.68 bits per heavy atom. The normalized spacial score (nSPS) is 14.9. The van der Waals surface area contributed by atoms with E-state index in [4.69, 9.17) is 0 Å². The van der Waals surface area contributed by atoms with Gasteiger partial charge in [-0.15, -0.1) is 0 Å². The van der Waals surface area contributed by atoms with Gasteiger partial charge in [0.05, 0.1) is 6.61 Å². The zero-order valence-corrected chi connectivity index (χ0v) is 12.7. The van der Waals surface area contributed by atoms with Gasteiger partial charge in [-0.05, 0) is 45.3 Å². The zero-order valence-electron chi connectivity index (χ0n) is 12.7. The topological polar surface area (TPSA) is 40.5 Å². The van der Waals surface area contributed by atoms with Crippen molar-refractivity contribution in [2.24, 2.45) is 0 Å². The molecule has 0 saturated heterocycles. The number of phenols is 1. The maximum Gasteiger partial charge on any atom is 0.123 e. The van der Waals surface area contributed by atoms with E-state index in [1.807, 2.05) is 24.3 Å². The van der Waals surface area contributed by atoms with E-state index in [0.717, 1.165) is 21.9 Å². The van der Waals surface area contributed by atoms with E-state index in [1.54, 1.807) is 0 Å². The largest absolute Gasteiger partial charge is 0.507 e. The summed E-state index contributed by atoms with van der Waals surface area (Å²) in [5, 5.41) is 21.7. The molecule has 22 heavy (non-hydrogen) atoms. The average molecular weight is 290 g/mol. The van der Waals surface area contributed by atoms with Crippen molar-refractivity contribution in [2.75, 3.05) is 0 Å². The van der Waals surface area contributed by atoms with Gasteiger partial charge in [-0.2, -0.15) is 0 Å². The second kappa shape index (κ2) is 4.34. The van der Waals surface area contributed by atoms with Crippen LogP contribution in [0.1, 0.15) is 30.5 Å². The van der Waals surface area contributed by atoms with Crippen molar-refractivity contribution >= 4 is 10.8 Å². The molecule has 0 radical (unpaired) electrons. The highest BCUT2D eigenvalue weighted by Crippen LogP contribution is 2.52. The maximum atomic E-state index is 10.4. The summed E-state index contributed by atoms with van der Waals surface area (Å²) in [4.78, 5) is 0. The summed E-state index contributed by atoms with van der Waals surface area (Å²) in [5.41, 5.74) is 5.57. The van der Waals surface area contributed by atoms with Gasteiger partial charge in [0.2, 0.25) is 0 Å². The molecule has 1 aliphatic carbocycles. The Bertz CT molecular complexity index is 907. The number of hydrogen-bond donors (Lipinski definition) is 2. The molecule has 0 aliphatic heterocycles. The van der Waals surface area contributed by atoms with Crippen molar-refractivity contribution in [1.82, 2.24) is 0 Å².